The van der Waals surface area contributed by atoms with Gasteiger partial charge in [-0.15, -0.1) is 10.1 Å². The number of hydrogen-bond acceptors (Lipinski definition) is 10. The van der Waals surface area contributed by atoms with Crippen molar-refractivity contribution in [1.29, 1.82) is 0 Å². The largest absolute Gasteiger partial charge is 0.493 e. The number of alkyl halides is 2. The molecule has 1 aliphatic rings. The summed E-state index contributed by atoms with van der Waals surface area (Å²) in [7, 11) is 1.39. The summed E-state index contributed by atoms with van der Waals surface area (Å²) in [4.78, 5) is 49.0. The molecule has 4 rings (SSSR count). The van der Waals surface area contributed by atoms with E-state index < -0.39 is 35.6 Å². The monoisotopic (exact) mass is 808 g/mol. The first-order valence-electron chi connectivity index (χ1n) is 19.1. The number of ether oxygens (including phenoxy) is 4. The molecule has 1 fully saturated rings. The lowest BCUT2D eigenvalue weighted by Gasteiger charge is -2.19. The molecule has 1 aliphatic carbocycles. The first-order valence-corrected chi connectivity index (χ1v) is 19.1. The second kappa shape index (κ2) is 27.5. The van der Waals surface area contributed by atoms with Gasteiger partial charge in [0.15, 0.2) is 18.1 Å². The molecule has 0 aliphatic heterocycles. The molecule has 0 saturated heterocycles. The molecule has 1 atom stereocenters. The predicted molar refractivity (Wildman–Crippen MR) is 217 cm³/mol. The third kappa shape index (κ3) is 20.7. The van der Waals surface area contributed by atoms with Crippen molar-refractivity contribution < 1.29 is 52.0 Å². The molecule has 12 nitrogen and oxygen atoms in total. The zero-order chi connectivity index (χ0) is 42.6. The standard InChI is InChI=1S/C21H20N2O9.C16H20F2O.C7H14/c1-14(22-13-24)21(26)32-18-8-6-15(11-19(18)29-2)7-9-20(25)31-17-5-3-4-16(10-17)12-30-23(27)28;17-16(18,12-11-14-7-3-1-4-8-14)13-19-15-9-5-2-6-10-15;1-3-5-7-6-4-2/h3-11,13-14H,12H2,1-2H3,(H,22,24);2,5-6,9-12,14H,1,3-4,7-8,13H2;3,5H,4,6-7H2,1-2H3/b9-7+;12-11+;5-3-. The third-order valence-electron chi connectivity index (χ3n) is 8.33. The number of carbonyl (C=O) groups is 3. The molecule has 1 unspecified atom stereocenters. The van der Waals surface area contributed by atoms with Crippen LogP contribution in [0.4, 0.5) is 8.78 Å². The SMILES string of the molecule is C/C=C\CCCC.COc1cc(/C=C/C(=O)Oc2cccc(CO[N+](=O)[O-])c2)ccc1OC(=O)C(C)NC=O.FC(F)(/C=C/C1CCCCC1)COc1ccccc1. The van der Waals surface area contributed by atoms with Crippen LogP contribution in [0, 0.1) is 16.0 Å². The molecule has 3 aromatic carbocycles. The van der Waals surface area contributed by atoms with E-state index in [1.807, 2.05) is 6.07 Å². The van der Waals surface area contributed by atoms with Crippen LogP contribution in [0.15, 0.2) is 103 Å². The van der Waals surface area contributed by atoms with Crippen LogP contribution in [0.2, 0.25) is 0 Å². The molecule has 0 bridgehead atoms. The fourth-order valence-corrected chi connectivity index (χ4v) is 5.22. The lowest BCUT2D eigenvalue weighted by atomic mass is 9.89. The van der Waals surface area contributed by atoms with E-state index in [1.165, 1.54) is 70.1 Å². The van der Waals surface area contributed by atoms with E-state index in [1.54, 1.807) is 54.6 Å². The molecule has 3 aromatic rings. The highest BCUT2D eigenvalue weighted by molar-refractivity contribution is 5.89. The number of halogens is 2. The average molecular weight is 809 g/mol. The Morgan fingerprint density at radius 2 is 1.71 bits per heavy atom. The fourth-order valence-electron chi connectivity index (χ4n) is 5.22. The van der Waals surface area contributed by atoms with Gasteiger partial charge in [-0.05, 0) is 98.7 Å². The highest BCUT2D eigenvalue weighted by atomic mass is 19.3. The minimum absolute atomic E-state index is 0.144. The van der Waals surface area contributed by atoms with Gasteiger partial charge in [0.2, 0.25) is 6.41 Å². The lowest BCUT2D eigenvalue weighted by Crippen LogP contribution is -2.36. The van der Waals surface area contributed by atoms with Crippen molar-refractivity contribution in [1.82, 2.24) is 5.32 Å². The number of hydrogen-bond donors (Lipinski definition) is 1. The smallest absolute Gasteiger partial charge is 0.336 e. The molecule has 314 valence electrons. The molecule has 58 heavy (non-hydrogen) atoms. The van der Waals surface area contributed by atoms with Crippen molar-refractivity contribution in [3.05, 3.63) is 124 Å². The Labute approximate surface area is 339 Å². The summed E-state index contributed by atoms with van der Waals surface area (Å²) in [6, 6.07) is 18.6. The Bertz CT molecular complexity index is 1780. The van der Waals surface area contributed by atoms with Crippen molar-refractivity contribution in [2.45, 2.75) is 90.7 Å². The van der Waals surface area contributed by atoms with Crippen molar-refractivity contribution in [3.63, 3.8) is 0 Å². The highest BCUT2D eigenvalue weighted by Crippen LogP contribution is 2.29. The van der Waals surface area contributed by atoms with Crippen molar-refractivity contribution in [2.24, 2.45) is 5.92 Å². The van der Waals surface area contributed by atoms with Gasteiger partial charge in [0.1, 0.15) is 24.1 Å². The Balaban J connectivity index is 0.000000374. The molecule has 0 aromatic heterocycles. The molecule has 0 spiro atoms. The molecule has 0 radical (unpaired) electrons. The van der Waals surface area contributed by atoms with Crippen LogP contribution in [-0.4, -0.2) is 49.1 Å². The van der Waals surface area contributed by atoms with E-state index >= 15 is 0 Å². The number of allylic oxidation sites excluding steroid dienone is 3. The van der Waals surface area contributed by atoms with Crippen LogP contribution < -0.4 is 24.3 Å². The summed E-state index contributed by atoms with van der Waals surface area (Å²) < 4.78 is 48.0. The average Bonchev–Trinajstić information content (AvgIpc) is 3.23. The Morgan fingerprint density at radius 3 is 2.36 bits per heavy atom. The van der Waals surface area contributed by atoms with E-state index in [9.17, 15) is 33.3 Å². The molecule has 1 saturated carbocycles. The van der Waals surface area contributed by atoms with Gasteiger partial charge < -0.3 is 29.1 Å². The number of para-hydroxylation sites is 1. The topological polar surface area (TPSA) is 153 Å². The lowest BCUT2D eigenvalue weighted by molar-refractivity contribution is -0.763. The first kappa shape index (κ1) is 48.1. The maximum absolute atomic E-state index is 13.7. The minimum Gasteiger partial charge on any atom is -0.493 e. The summed E-state index contributed by atoms with van der Waals surface area (Å²) in [6.45, 7) is 4.88. The number of carbonyl (C=O) groups excluding carboxylic acids is 3. The van der Waals surface area contributed by atoms with Crippen molar-refractivity contribution >= 4 is 24.4 Å². The van der Waals surface area contributed by atoms with E-state index in [2.05, 4.69) is 36.2 Å². The van der Waals surface area contributed by atoms with Crippen LogP contribution in [0.25, 0.3) is 6.08 Å². The van der Waals surface area contributed by atoms with Gasteiger partial charge in [-0.25, -0.2) is 9.59 Å². The number of methoxy groups -OCH3 is 1. The summed E-state index contributed by atoms with van der Waals surface area (Å²) in [6.07, 6.45) is 19.6. The molecular weight excluding hydrogens is 754 g/mol. The van der Waals surface area contributed by atoms with E-state index in [0.717, 1.165) is 31.8 Å². The van der Waals surface area contributed by atoms with Crippen LogP contribution in [-0.2, 0) is 25.8 Å². The molecule has 0 heterocycles. The normalized spacial score (nSPS) is 13.3. The minimum atomic E-state index is -2.90. The van der Waals surface area contributed by atoms with Gasteiger partial charge >= 0.3 is 11.9 Å². The quantitative estimate of drug-likeness (QED) is 0.0181. The van der Waals surface area contributed by atoms with Crippen molar-refractivity contribution in [2.75, 3.05) is 13.7 Å². The van der Waals surface area contributed by atoms with E-state index in [-0.39, 0.29) is 23.9 Å². The zero-order valence-electron chi connectivity index (χ0n) is 33.5. The third-order valence-corrected chi connectivity index (χ3v) is 8.33. The van der Waals surface area contributed by atoms with Crippen LogP contribution in [0.3, 0.4) is 0 Å². The number of nitrogens with one attached hydrogen (secondary N) is 1. The summed E-state index contributed by atoms with van der Waals surface area (Å²) in [5.41, 5.74) is 1.02. The Hall–Kier alpha value is -6.05. The number of nitrogens with zero attached hydrogens (tertiary/aromatic N) is 1. The van der Waals surface area contributed by atoms with Crippen LogP contribution in [0.1, 0.15) is 83.3 Å². The highest BCUT2D eigenvalue weighted by Gasteiger charge is 2.27. The van der Waals surface area contributed by atoms with Crippen molar-refractivity contribution in [3.8, 4) is 23.0 Å². The van der Waals surface area contributed by atoms with Gasteiger partial charge in [-0.1, -0.05) is 93.7 Å². The fraction of sp³-hybridized carbons (Fsp3) is 0.386. The van der Waals surface area contributed by atoms with Gasteiger partial charge in [-0.2, -0.15) is 8.78 Å². The number of esters is 2. The first-order chi connectivity index (χ1) is 27.9. The zero-order valence-corrected chi connectivity index (χ0v) is 33.5. The number of unbranched alkanes of at least 4 members (excludes halogenated alkanes) is 2. The number of amides is 1. The maximum Gasteiger partial charge on any atom is 0.336 e. The molecular formula is C44H54F2N2O10. The van der Waals surface area contributed by atoms with Gasteiger partial charge in [0.25, 0.3) is 11.0 Å². The Kier molecular flexibility index (Phi) is 22.8. The van der Waals surface area contributed by atoms with Gasteiger partial charge in [-0.3, -0.25) is 4.79 Å². The van der Waals surface area contributed by atoms with E-state index in [0.29, 0.717) is 29.2 Å². The summed E-state index contributed by atoms with van der Waals surface area (Å²) >= 11 is 0. The van der Waals surface area contributed by atoms with Crippen LogP contribution >= 0.6 is 0 Å². The second-order valence-electron chi connectivity index (χ2n) is 13.1. The summed E-state index contributed by atoms with van der Waals surface area (Å²) in [5, 5.41) is 11.6. The molecule has 1 amide bonds. The van der Waals surface area contributed by atoms with Gasteiger partial charge in [0.05, 0.1) is 7.11 Å². The molecule has 14 heteroatoms. The predicted octanol–water partition coefficient (Wildman–Crippen LogP) is 9.65. The summed E-state index contributed by atoms with van der Waals surface area (Å²) in [5.74, 6) is -2.87. The Morgan fingerprint density at radius 1 is 0.983 bits per heavy atom. The maximum atomic E-state index is 13.7. The second-order valence-corrected chi connectivity index (χ2v) is 13.1. The van der Waals surface area contributed by atoms with Gasteiger partial charge in [0, 0.05) is 6.08 Å². The number of rotatable bonds is 19. The number of benzene rings is 3. The molecule has 1 N–H and O–H groups in total. The van der Waals surface area contributed by atoms with E-state index in [4.69, 9.17) is 18.9 Å². The van der Waals surface area contributed by atoms with Crippen LogP contribution in [0.5, 0.6) is 23.0 Å².